The molecule has 0 spiro atoms. The molecule has 0 bridgehead atoms. The van der Waals surface area contributed by atoms with Crippen LogP contribution in [0.4, 0.5) is 4.39 Å². The number of alkyl halides is 1. The fraction of sp³-hybridized carbons (Fsp3) is 0.929. The Morgan fingerprint density at radius 2 is 1.91 bits per heavy atom. The monoisotopic (exact) mass is 498 g/mol. The fourth-order valence-corrected chi connectivity index (χ4v) is 9.70. The minimum atomic E-state index is -3.54. The molecule has 6 heteroatoms. The maximum atomic E-state index is 13.0. The Balaban J connectivity index is 1.59. The van der Waals surface area contributed by atoms with Crippen LogP contribution in [0.3, 0.4) is 0 Å². The molecule has 0 saturated heterocycles. The number of hydrogen-bond acceptors (Lipinski definition) is 4. The van der Waals surface area contributed by atoms with Crippen molar-refractivity contribution in [2.24, 2.45) is 46.3 Å². The molecular weight excluding hydrogens is 451 g/mol. The number of allylic oxidation sites excluding steroid dienone is 1. The molecule has 0 radical (unpaired) electrons. The summed E-state index contributed by atoms with van der Waals surface area (Å²) in [5, 5.41) is 10.3. The molecule has 3 saturated carbocycles. The number of aliphatic hydroxyl groups excluding tert-OH is 1. The summed E-state index contributed by atoms with van der Waals surface area (Å²) in [4.78, 5) is 0. The van der Waals surface area contributed by atoms with Gasteiger partial charge in [-0.3, -0.25) is 8.57 Å². The molecule has 0 aromatic heterocycles. The van der Waals surface area contributed by atoms with Crippen molar-refractivity contribution in [1.29, 1.82) is 0 Å². The van der Waals surface area contributed by atoms with Crippen molar-refractivity contribution >= 4 is 10.1 Å². The first-order chi connectivity index (χ1) is 15.9. The minimum Gasteiger partial charge on any atom is -0.393 e. The van der Waals surface area contributed by atoms with Crippen LogP contribution < -0.4 is 0 Å². The molecule has 3 fully saturated rings. The van der Waals surface area contributed by atoms with E-state index in [-0.39, 0.29) is 41.5 Å². The van der Waals surface area contributed by atoms with E-state index in [1.54, 1.807) is 0 Å². The van der Waals surface area contributed by atoms with Crippen molar-refractivity contribution in [3.05, 3.63) is 11.6 Å². The summed E-state index contributed by atoms with van der Waals surface area (Å²) in [6.45, 7) is 8.80. The number of rotatable bonds is 8. The Morgan fingerprint density at radius 3 is 2.59 bits per heavy atom. The van der Waals surface area contributed by atoms with Gasteiger partial charge in [0.25, 0.3) is 10.1 Å². The van der Waals surface area contributed by atoms with Crippen molar-refractivity contribution in [1.82, 2.24) is 0 Å². The first-order valence-electron chi connectivity index (χ1n) is 13.7. The molecule has 0 aromatic rings. The summed E-state index contributed by atoms with van der Waals surface area (Å²) in [6, 6.07) is 0. The Bertz CT molecular complexity index is 872. The number of halogens is 1. The molecule has 0 heterocycles. The van der Waals surface area contributed by atoms with Crippen LogP contribution in [0.5, 0.6) is 0 Å². The van der Waals surface area contributed by atoms with Gasteiger partial charge >= 0.3 is 0 Å². The summed E-state index contributed by atoms with van der Waals surface area (Å²) >= 11 is 0. The molecule has 34 heavy (non-hydrogen) atoms. The summed E-state index contributed by atoms with van der Waals surface area (Å²) in [5.41, 5.74) is 1.70. The summed E-state index contributed by atoms with van der Waals surface area (Å²) in [5.74, 6) is 2.27. The van der Waals surface area contributed by atoms with Crippen molar-refractivity contribution in [3.8, 4) is 0 Å². The predicted octanol–water partition coefficient (Wildman–Crippen LogP) is 6.29. The topological polar surface area (TPSA) is 63.6 Å². The molecule has 4 nitrogen and oxygen atoms in total. The third kappa shape index (κ3) is 4.89. The lowest BCUT2D eigenvalue weighted by atomic mass is 9.47. The van der Waals surface area contributed by atoms with E-state index >= 15 is 0 Å². The number of aliphatic hydroxyl groups is 1. The van der Waals surface area contributed by atoms with Crippen LogP contribution >= 0.6 is 0 Å². The maximum Gasteiger partial charge on any atom is 0.264 e. The van der Waals surface area contributed by atoms with Crippen molar-refractivity contribution < 1.29 is 22.1 Å². The van der Waals surface area contributed by atoms with E-state index in [9.17, 15) is 17.9 Å². The molecular formula is C28H47FO4S. The van der Waals surface area contributed by atoms with E-state index in [1.807, 2.05) is 6.92 Å². The van der Waals surface area contributed by atoms with Crippen LogP contribution in [0.2, 0.25) is 0 Å². The summed E-state index contributed by atoms with van der Waals surface area (Å²) < 4.78 is 43.3. The quantitative estimate of drug-likeness (QED) is 0.315. The zero-order valence-corrected chi connectivity index (χ0v) is 22.7. The van der Waals surface area contributed by atoms with Gasteiger partial charge in [-0.25, -0.2) is 0 Å². The van der Waals surface area contributed by atoms with Crippen molar-refractivity contribution in [2.45, 2.75) is 104 Å². The van der Waals surface area contributed by atoms with E-state index < -0.39 is 10.1 Å². The summed E-state index contributed by atoms with van der Waals surface area (Å²) in [7, 11) is -3.54. The van der Waals surface area contributed by atoms with E-state index in [4.69, 9.17) is 4.18 Å². The van der Waals surface area contributed by atoms with Crippen LogP contribution in [-0.4, -0.2) is 38.7 Å². The van der Waals surface area contributed by atoms with Gasteiger partial charge in [-0.05, 0) is 97.7 Å². The van der Waals surface area contributed by atoms with Gasteiger partial charge in [0.2, 0.25) is 0 Å². The van der Waals surface area contributed by atoms with E-state index in [1.165, 1.54) is 18.2 Å². The molecule has 4 aliphatic rings. The van der Waals surface area contributed by atoms with Crippen LogP contribution in [0.15, 0.2) is 11.6 Å². The Kier molecular flexibility index (Phi) is 7.65. The van der Waals surface area contributed by atoms with Gasteiger partial charge in [0.15, 0.2) is 0 Å². The highest BCUT2D eigenvalue weighted by Gasteiger charge is 2.62. The lowest BCUT2D eigenvalue weighted by Gasteiger charge is -2.58. The normalized spacial score (nSPS) is 43.9. The molecule has 4 aliphatic carbocycles. The molecule has 196 valence electrons. The molecule has 4 rings (SSSR count). The fourth-order valence-electron chi connectivity index (χ4n) is 9.05. The number of hydrogen-bond donors (Lipinski definition) is 1. The molecule has 10 atom stereocenters. The van der Waals surface area contributed by atoms with E-state index in [0.717, 1.165) is 57.8 Å². The Morgan fingerprint density at radius 1 is 1.18 bits per heavy atom. The van der Waals surface area contributed by atoms with Crippen LogP contribution in [0, 0.1) is 46.3 Å². The SMILES string of the molecule is C[C@@H](CF)CCC[C@@H](C)C1C(OS(C)(=O)=O)CC2C3CC=C4CC(O)CCC4(C)C3CCC21C. The first-order valence-corrected chi connectivity index (χ1v) is 15.5. The zero-order valence-electron chi connectivity index (χ0n) is 21.9. The third-order valence-corrected chi connectivity index (χ3v) is 11.3. The highest BCUT2D eigenvalue weighted by Crippen LogP contribution is 2.67. The Labute approximate surface area is 207 Å². The van der Waals surface area contributed by atoms with Crippen LogP contribution in [-0.2, 0) is 14.3 Å². The van der Waals surface area contributed by atoms with Gasteiger partial charge in [0.05, 0.1) is 25.1 Å². The third-order valence-electron chi connectivity index (χ3n) is 10.7. The molecule has 0 aromatic carbocycles. The molecule has 1 N–H and O–H groups in total. The van der Waals surface area contributed by atoms with Crippen LogP contribution in [0.1, 0.15) is 91.9 Å². The highest BCUT2D eigenvalue weighted by atomic mass is 32.2. The second-order valence-electron chi connectivity index (χ2n) is 13.0. The van der Waals surface area contributed by atoms with E-state index in [0.29, 0.717) is 23.7 Å². The average Bonchev–Trinajstić information content (AvgIpc) is 3.04. The average molecular weight is 499 g/mol. The van der Waals surface area contributed by atoms with Gasteiger partial charge in [-0.2, -0.15) is 8.42 Å². The largest absolute Gasteiger partial charge is 0.393 e. The molecule has 0 amide bonds. The summed E-state index contributed by atoms with van der Waals surface area (Å²) in [6.07, 6.45) is 12.9. The minimum absolute atomic E-state index is 0.0670. The van der Waals surface area contributed by atoms with Crippen LogP contribution in [0.25, 0.3) is 0 Å². The van der Waals surface area contributed by atoms with Gasteiger partial charge in [-0.15, -0.1) is 0 Å². The van der Waals surface area contributed by atoms with E-state index in [2.05, 4.69) is 26.8 Å². The van der Waals surface area contributed by atoms with Gasteiger partial charge in [-0.1, -0.05) is 52.2 Å². The smallest absolute Gasteiger partial charge is 0.264 e. The second kappa shape index (κ2) is 9.78. The standard InChI is InChI=1S/C28H47FO4S/c1-18(17-29)7-6-8-19(2)26-25(33-34(5,31)32)16-24-22-10-9-20-15-21(30)11-13-27(20,3)23(22)12-14-28(24,26)4/h9,18-19,21-26,30H,6-8,10-17H2,1-5H3/t18-,19-,21?,22?,23?,24?,25?,26?,27?,28?/m1/s1. The lowest BCUT2D eigenvalue weighted by Crippen LogP contribution is -2.51. The van der Waals surface area contributed by atoms with Gasteiger partial charge in [0, 0.05) is 0 Å². The van der Waals surface area contributed by atoms with Crippen molar-refractivity contribution in [2.75, 3.05) is 12.9 Å². The first kappa shape index (κ1) is 26.6. The van der Waals surface area contributed by atoms with Gasteiger partial charge < -0.3 is 5.11 Å². The predicted molar refractivity (Wildman–Crippen MR) is 134 cm³/mol. The van der Waals surface area contributed by atoms with Gasteiger partial charge in [0.1, 0.15) is 0 Å². The molecule has 8 unspecified atom stereocenters. The zero-order chi connectivity index (χ0) is 24.9. The highest BCUT2D eigenvalue weighted by molar-refractivity contribution is 7.86. The molecule has 0 aliphatic heterocycles. The second-order valence-corrected chi connectivity index (χ2v) is 14.6. The number of fused-ring (bicyclic) bond motifs is 5. The maximum absolute atomic E-state index is 13.0. The Hall–Kier alpha value is -0.460. The van der Waals surface area contributed by atoms with Crippen molar-refractivity contribution in [3.63, 3.8) is 0 Å². The lowest BCUT2D eigenvalue weighted by molar-refractivity contribution is -0.0608.